The van der Waals surface area contributed by atoms with Crippen molar-refractivity contribution in [2.75, 3.05) is 6.61 Å². The van der Waals surface area contributed by atoms with E-state index < -0.39 is 0 Å². The van der Waals surface area contributed by atoms with Gasteiger partial charge in [-0.1, -0.05) is 33.6 Å². The molecule has 0 radical (unpaired) electrons. The Hall–Kier alpha value is -1.56. The minimum absolute atomic E-state index is 0.176. The fourth-order valence-electron chi connectivity index (χ4n) is 1.96. The molecule has 1 rings (SSSR count). The third-order valence-corrected chi connectivity index (χ3v) is 4.09. The first-order valence-electron chi connectivity index (χ1n) is 8.45. The highest BCUT2D eigenvalue weighted by molar-refractivity contribution is 9.10. The van der Waals surface area contributed by atoms with E-state index in [4.69, 9.17) is 4.74 Å². The predicted octanol–water partition coefficient (Wildman–Crippen LogP) is 4.22. The molecule has 0 aliphatic carbocycles. The van der Waals surface area contributed by atoms with Gasteiger partial charge in [0.25, 0.3) is 5.91 Å². The smallest absolute Gasteiger partial charge is 0.269 e. The Bertz CT molecular complexity index is 547. The average Bonchev–Trinajstić information content (AvgIpc) is 2.54. The number of rotatable bonds is 9. The van der Waals surface area contributed by atoms with E-state index in [0.29, 0.717) is 34.7 Å². The van der Waals surface area contributed by atoms with Crippen LogP contribution in [0.5, 0.6) is 5.75 Å². The Morgan fingerprint density at radius 2 is 1.96 bits per heavy atom. The number of hydrogen-bond donors (Lipinski definition) is 2. The number of ether oxygens (including phenoxy) is 1. The largest absolute Gasteiger partial charge is 0.492 e. The molecule has 2 N–H and O–H groups in total. The van der Waals surface area contributed by atoms with Gasteiger partial charge in [-0.3, -0.25) is 20.4 Å². The first kappa shape index (κ1) is 20.5. The maximum Gasteiger partial charge on any atom is 0.269 e. The molecule has 134 valence electrons. The fourth-order valence-corrected chi connectivity index (χ4v) is 2.45. The number of nitrogens with one attached hydrogen (secondary N) is 2. The lowest BCUT2D eigenvalue weighted by atomic mass is 10.1. The molecule has 0 aromatic heterocycles. The van der Waals surface area contributed by atoms with Crippen molar-refractivity contribution in [3.05, 3.63) is 28.2 Å². The van der Waals surface area contributed by atoms with Gasteiger partial charge in [0, 0.05) is 12.0 Å². The molecule has 6 heteroatoms. The van der Waals surface area contributed by atoms with Crippen LogP contribution in [-0.4, -0.2) is 18.4 Å². The average molecular weight is 399 g/mol. The minimum atomic E-state index is -0.353. The fraction of sp³-hybridized carbons (Fsp3) is 0.556. The molecular weight excluding hydrogens is 372 g/mol. The van der Waals surface area contributed by atoms with Crippen LogP contribution in [-0.2, 0) is 4.79 Å². The number of carbonyl (C=O) groups excluding carboxylic acids is 2. The van der Waals surface area contributed by atoms with Crippen molar-refractivity contribution in [2.24, 2.45) is 5.92 Å². The SMILES string of the molecule is CCCCCC(=O)NNC(=O)c1ccc(OCCC(C)C)c(Br)c1. The zero-order chi connectivity index (χ0) is 17.9. The zero-order valence-corrected chi connectivity index (χ0v) is 16.2. The number of amides is 2. The molecule has 1 aromatic carbocycles. The van der Waals surface area contributed by atoms with Gasteiger partial charge in [-0.05, 0) is 52.9 Å². The van der Waals surface area contributed by atoms with Gasteiger partial charge < -0.3 is 4.74 Å². The summed E-state index contributed by atoms with van der Waals surface area (Å²) < 4.78 is 6.40. The molecule has 0 spiro atoms. The Balaban J connectivity index is 2.47. The summed E-state index contributed by atoms with van der Waals surface area (Å²) in [5.74, 6) is 0.753. The second-order valence-corrected chi connectivity index (χ2v) is 6.99. The van der Waals surface area contributed by atoms with Crippen molar-refractivity contribution in [1.82, 2.24) is 10.9 Å². The zero-order valence-electron chi connectivity index (χ0n) is 14.7. The van der Waals surface area contributed by atoms with Gasteiger partial charge in [-0.25, -0.2) is 0 Å². The van der Waals surface area contributed by atoms with Crippen molar-refractivity contribution in [1.29, 1.82) is 0 Å². The molecule has 0 bridgehead atoms. The minimum Gasteiger partial charge on any atom is -0.492 e. The number of unbranched alkanes of at least 4 members (excludes halogenated alkanes) is 2. The van der Waals surface area contributed by atoms with Crippen LogP contribution in [0.2, 0.25) is 0 Å². The highest BCUT2D eigenvalue weighted by atomic mass is 79.9. The van der Waals surface area contributed by atoms with Crippen molar-refractivity contribution in [3.63, 3.8) is 0 Å². The maximum atomic E-state index is 12.1. The predicted molar refractivity (Wildman–Crippen MR) is 98.8 cm³/mol. The molecule has 0 atom stereocenters. The summed E-state index contributed by atoms with van der Waals surface area (Å²) >= 11 is 3.41. The monoisotopic (exact) mass is 398 g/mol. The molecule has 24 heavy (non-hydrogen) atoms. The highest BCUT2D eigenvalue weighted by Crippen LogP contribution is 2.26. The lowest BCUT2D eigenvalue weighted by Crippen LogP contribution is -2.41. The van der Waals surface area contributed by atoms with Crippen molar-refractivity contribution in [3.8, 4) is 5.75 Å². The van der Waals surface area contributed by atoms with Gasteiger partial charge in [-0.15, -0.1) is 0 Å². The normalized spacial score (nSPS) is 10.5. The molecule has 0 aliphatic heterocycles. The molecule has 5 nitrogen and oxygen atoms in total. The molecule has 0 unspecified atom stereocenters. The van der Waals surface area contributed by atoms with Crippen LogP contribution in [0.4, 0.5) is 0 Å². The summed E-state index contributed by atoms with van der Waals surface area (Å²) in [6.45, 7) is 6.99. The van der Waals surface area contributed by atoms with Crippen LogP contribution in [0.25, 0.3) is 0 Å². The number of hydrogen-bond acceptors (Lipinski definition) is 3. The second-order valence-electron chi connectivity index (χ2n) is 6.14. The van der Waals surface area contributed by atoms with Crippen LogP contribution in [0.15, 0.2) is 22.7 Å². The van der Waals surface area contributed by atoms with Gasteiger partial charge in [0.15, 0.2) is 0 Å². The third kappa shape index (κ3) is 7.81. The van der Waals surface area contributed by atoms with E-state index >= 15 is 0 Å². The lowest BCUT2D eigenvalue weighted by Gasteiger charge is -2.11. The van der Waals surface area contributed by atoms with Crippen LogP contribution < -0.4 is 15.6 Å². The van der Waals surface area contributed by atoms with Crippen LogP contribution in [0, 0.1) is 5.92 Å². The summed E-state index contributed by atoms with van der Waals surface area (Å²) in [5, 5.41) is 0. The van der Waals surface area contributed by atoms with Crippen LogP contribution >= 0.6 is 15.9 Å². The van der Waals surface area contributed by atoms with E-state index in [-0.39, 0.29) is 11.8 Å². The Kier molecular flexibility index (Phi) is 9.45. The van der Waals surface area contributed by atoms with Crippen molar-refractivity contribution < 1.29 is 14.3 Å². The lowest BCUT2D eigenvalue weighted by molar-refractivity contribution is -0.121. The van der Waals surface area contributed by atoms with E-state index in [1.807, 2.05) is 0 Å². The Morgan fingerprint density at radius 1 is 1.21 bits per heavy atom. The van der Waals surface area contributed by atoms with Gasteiger partial charge in [0.2, 0.25) is 5.91 Å². The maximum absolute atomic E-state index is 12.1. The molecule has 0 saturated carbocycles. The van der Waals surface area contributed by atoms with E-state index in [1.165, 1.54) is 0 Å². The Morgan fingerprint density at radius 3 is 2.58 bits per heavy atom. The summed E-state index contributed by atoms with van der Waals surface area (Å²) in [7, 11) is 0. The number of carbonyl (C=O) groups is 2. The highest BCUT2D eigenvalue weighted by Gasteiger charge is 2.10. The quantitative estimate of drug-likeness (QED) is 0.483. The molecule has 0 fully saturated rings. The number of hydrazine groups is 1. The standard InChI is InChI=1S/C18H27BrN2O3/c1-4-5-6-7-17(22)20-21-18(23)14-8-9-16(15(19)12-14)24-11-10-13(2)3/h8-9,12-13H,4-7,10-11H2,1-3H3,(H,20,22)(H,21,23). The van der Waals surface area contributed by atoms with Crippen LogP contribution in [0.1, 0.15) is 63.2 Å². The summed E-state index contributed by atoms with van der Waals surface area (Å²) in [6, 6.07) is 5.11. The summed E-state index contributed by atoms with van der Waals surface area (Å²) in [6.07, 6.45) is 4.27. The Labute approximate surface area is 152 Å². The second kappa shape index (κ2) is 11.1. The number of halogens is 1. The van der Waals surface area contributed by atoms with Gasteiger partial charge >= 0.3 is 0 Å². The first-order valence-corrected chi connectivity index (χ1v) is 9.24. The van der Waals surface area contributed by atoms with E-state index in [1.54, 1.807) is 18.2 Å². The molecule has 2 amide bonds. The molecular formula is C18H27BrN2O3. The molecule has 0 aliphatic rings. The van der Waals surface area contributed by atoms with Gasteiger partial charge in [-0.2, -0.15) is 0 Å². The van der Waals surface area contributed by atoms with E-state index in [2.05, 4.69) is 47.6 Å². The topological polar surface area (TPSA) is 67.4 Å². The summed E-state index contributed by atoms with van der Waals surface area (Å²) in [4.78, 5) is 23.7. The van der Waals surface area contributed by atoms with Crippen LogP contribution in [0.3, 0.4) is 0 Å². The molecule has 0 saturated heterocycles. The van der Waals surface area contributed by atoms with Crippen molar-refractivity contribution in [2.45, 2.75) is 52.9 Å². The first-order chi connectivity index (χ1) is 11.4. The molecule has 0 heterocycles. The van der Waals surface area contributed by atoms with E-state index in [0.717, 1.165) is 25.7 Å². The van der Waals surface area contributed by atoms with E-state index in [9.17, 15) is 9.59 Å². The summed E-state index contributed by atoms with van der Waals surface area (Å²) in [5.41, 5.74) is 5.32. The van der Waals surface area contributed by atoms with Gasteiger partial charge in [0.05, 0.1) is 11.1 Å². The third-order valence-electron chi connectivity index (χ3n) is 3.47. The molecule has 1 aromatic rings. The van der Waals surface area contributed by atoms with Crippen molar-refractivity contribution >= 4 is 27.7 Å². The van der Waals surface area contributed by atoms with Gasteiger partial charge in [0.1, 0.15) is 5.75 Å². The number of benzene rings is 1.